The van der Waals surface area contributed by atoms with Gasteiger partial charge in [-0.25, -0.2) is 9.67 Å². The SMILES string of the molecule is Cc1ccccc1-c1cc(C(=O)NC2CCNC(C)C2)c2cnn(C(C)C)c2n1.Cl.Cl. The molecule has 1 aliphatic heterocycles. The lowest BCUT2D eigenvalue weighted by Crippen LogP contribution is -2.46. The summed E-state index contributed by atoms with van der Waals surface area (Å²) in [5.74, 6) is -0.0466. The summed E-state index contributed by atoms with van der Waals surface area (Å²) in [6.45, 7) is 9.30. The van der Waals surface area contributed by atoms with Gasteiger partial charge in [-0.05, 0) is 58.7 Å². The normalized spacial score (nSPS) is 18.4. The largest absolute Gasteiger partial charge is 0.349 e. The molecule has 0 radical (unpaired) electrons. The number of carbonyl (C=O) groups excluding carboxylic acids is 1. The molecular formula is C23H31Cl2N5O. The fraction of sp³-hybridized carbons (Fsp3) is 0.435. The predicted octanol–water partition coefficient (Wildman–Crippen LogP) is 4.70. The number of halogens is 2. The molecule has 0 spiro atoms. The number of hydrogen-bond donors (Lipinski definition) is 2. The summed E-state index contributed by atoms with van der Waals surface area (Å²) in [5, 5.41) is 12.0. The number of fused-ring (bicyclic) bond motifs is 1. The average molecular weight is 464 g/mol. The predicted molar refractivity (Wildman–Crippen MR) is 131 cm³/mol. The molecule has 1 fully saturated rings. The maximum Gasteiger partial charge on any atom is 0.252 e. The highest BCUT2D eigenvalue weighted by molar-refractivity contribution is 6.06. The first-order valence-corrected chi connectivity index (χ1v) is 10.4. The van der Waals surface area contributed by atoms with Gasteiger partial charge in [-0.3, -0.25) is 4.79 Å². The van der Waals surface area contributed by atoms with E-state index < -0.39 is 0 Å². The molecule has 0 bridgehead atoms. The third kappa shape index (κ3) is 5.20. The van der Waals surface area contributed by atoms with E-state index in [4.69, 9.17) is 4.98 Å². The van der Waals surface area contributed by atoms with Crippen molar-refractivity contribution in [3.05, 3.63) is 47.7 Å². The zero-order valence-electron chi connectivity index (χ0n) is 18.4. The Morgan fingerprint density at radius 1 is 1.26 bits per heavy atom. The van der Waals surface area contributed by atoms with Crippen molar-refractivity contribution >= 4 is 41.8 Å². The highest BCUT2D eigenvalue weighted by Crippen LogP contribution is 2.28. The van der Waals surface area contributed by atoms with Crippen LogP contribution in [0.5, 0.6) is 0 Å². The van der Waals surface area contributed by atoms with Gasteiger partial charge in [-0.2, -0.15) is 5.10 Å². The molecule has 31 heavy (non-hydrogen) atoms. The van der Waals surface area contributed by atoms with Crippen molar-refractivity contribution in [2.75, 3.05) is 6.54 Å². The van der Waals surface area contributed by atoms with Crippen LogP contribution in [0.25, 0.3) is 22.3 Å². The van der Waals surface area contributed by atoms with Crippen LogP contribution in [-0.2, 0) is 0 Å². The number of aromatic nitrogens is 3. The minimum absolute atomic E-state index is 0. The van der Waals surface area contributed by atoms with Crippen molar-refractivity contribution in [2.24, 2.45) is 0 Å². The Morgan fingerprint density at radius 2 is 2.00 bits per heavy atom. The summed E-state index contributed by atoms with van der Waals surface area (Å²) in [6, 6.07) is 10.8. The number of aryl methyl sites for hydroxylation is 1. The Balaban J connectivity index is 0.00000171. The van der Waals surface area contributed by atoms with Crippen molar-refractivity contribution in [1.82, 2.24) is 25.4 Å². The van der Waals surface area contributed by atoms with Crippen molar-refractivity contribution < 1.29 is 4.79 Å². The van der Waals surface area contributed by atoms with Crippen LogP contribution in [0.1, 0.15) is 55.6 Å². The third-order valence-corrected chi connectivity index (χ3v) is 5.68. The van der Waals surface area contributed by atoms with E-state index in [1.807, 2.05) is 22.9 Å². The van der Waals surface area contributed by atoms with Gasteiger partial charge in [0.25, 0.3) is 5.91 Å². The smallest absolute Gasteiger partial charge is 0.252 e. The summed E-state index contributed by atoms with van der Waals surface area (Å²) in [5.41, 5.74) is 4.38. The first-order chi connectivity index (χ1) is 13.9. The lowest BCUT2D eigenvalue weighted by molar-refractivity contribution is 0.0927. The van der Waals surface area contributed by atoms with Gasteiger partial charge >= 0.3 is 0 Å². The number of carbonyl (C=O) groups is 1. The maximum atomic E-state index is 13.3. The van der Waals surface area contributed by atoms with E-state index in [1.54, 1.807) is 6.20 Å². The van der Waals surface area contributed by atoms with Crippen molar-refractivity contribution in [2.45, 2.75) is 58.7 Å². The van der Waals surface area contributed by atoms with E-state index in [0.717, 1.165) is 47.2 Å². The Kier molecular flexibility index (Phi) is 8.46. The fourth-order valence-corrected chi connectivity index (χ4v) is 4.11. The molecule has 168 valence electrons. The third-order valence-electron chi connectivity index (χ3n) is 5.68. The number of nitrogens with one attached hydrogen (secondary N) is 2. The zero-order valence-corrected chi connectivity index (χ0v) is 20.0. The molecule has 3 aromatic rings. The quantitative estimate of drug-likeness (QED) is 0.587. The molecule has 3 heterocycles. The van der Waals surface area contributed by atoms with Crippen LogP contribution in [-0.4, -0.2) is 39.3 Å². The van der Waals surface area contributed by atoms with E-state index in [9.17, 15) is 4.79 Å². The second kappa shape index (κ2) is 10.4. The number of amides is 1. The van der Waals surface area contributed by atoms with Crippen LogP contribution in [0, 0.1) is 6.92 Å². The Labute approximate surface area is 196 Å². The minimum atomic E-state index is -0.0466. The summed E-state index contributed by atoms with van der Waals surface area (Å²) < 4.78 is 1.89. The van der Waals surface area contributed by atoms with E-state index in [0.29, 0.717) is 11.6 Å². The molecule has 0 saturated carbocycles. The van der Waals surface area contributed by atoms with Crippen molar-refractivity contribution in [3.63, 3.8) is 0 Å². The highest BCUT2D eigenvalue weighted by Gasteiger charge is 2.23. The Hall–Kier alpha value is -2.15. The molecule has 8 heteroatoms. The molecule has 4 rings (SSSR count). The van der Waals surface area contributed by atoms with Crippen LogP contribution in [0.3, 0.4) is 0 Å². The number of hydrogen-bond acceptors (Lipinski definition) is 4. The molecule has 2 aromatic heterocycles. The van der Waals surface area contributed by atoms with E-state index in [1.165, 1.54) is 0 Å². The highest BCUT2D eigenvalue weighted by atomic mass is 35.5. The number of benzene rings is 1. The molecule has 0 aliphatic carbocycles. The van der Waals surface area contributed by atoms with E-state index in [2.05, 4.69) is 55.6 Å². The summed E-state index contributed by atoms with van der Waals surface area (Å²) in [4.78, 5) is 18.2. The molecule has 1 aromatic carbocycles. The van der Waals surface area contributed by atoms with Crippen LogP contribution in [0.15, 0.2) is 36.5 Å². The van der Waals surface area contributed by atoms with E-state index >= 15 is 0 Å². The number of pyridine rings is 1. The van der Waals surface area contributed by atoms with Crippen molar-refractivity contribution in [3.8, 4) is 11.3 Å². The van der Waals surface area contributed by atoms with Gasteiger partial charge in [0.15, 0.2) is 5.65 Å². The summed E-state index contributed by atoms with van der Waals surface area (Å²) >= 11 is 0. The van der Waals surface area contributed by atoms with Crippen LogP contribution in [0.2, 0.25) is 0 Å². The number of nitrogens with zero attached hydrogens (tertiary/aromatic N) is 3. The first-order valence-electron chi connectivity index (χ1n) is 10.4. The topological polar surface area (TPSA) is 71.8 Å². The van der Waals surface area contributed by atoms with Gasteiger partial charge in [-0.1, -0.05) is 24.3 Å². The first kappa shape index (κ1) is 25.1. The van der Waals surface area contributed by atoms with Gasteiger partial charge < -0.3 is 10.6 Å². The summed E-state index contributed by atoms with van der Waals surface area (Å²) in [6.07, 6.45) is 3.65. The van der Waals surface area contributed by atoms with Gasteiger partial charge in [0.05, 0.1) is 22.8 Å². The molecule has 1 amide bonds. The lowest BCUT2D eigenvalue weighted by atomic mass is 9.99. The van der Waals surface area contributed by atoms with Gasteiger partial charge in [0.1, 0.15) is 0 Å². The van der Waals surface area contributed by atoms with Gasteiger partial charge in [0.2, 0.25) is 0 Å². The number of piperidine rings is 1. The lowest BCUT2D eigenvalue weighted by Gasteiger charge is -2.28. The molecular weight excluding hydrogens is 433 g/mol. The minimum Gasteiger partial charge on any atom is -0.349 e. The fourth-order valence-electron chi connectivity index (χ4n) is 4.11. The standard InChI is InChI=1S/C23H29N5O.2ClH/c1-14(2)28-22-20(13-25-28)19(23(29)26-17-9-10-24-16(4)11-17)12-21(27-22)18-8-6-5-7-15(18)3;;/h5-8,12-14,16-17,24H,9-11H2,1-4H3,(H,26,29);2*1H. The van der Waals surface area contributed by atoms with Crippen LogP contribution < -0.4 is 10.6 Å². The van der Waals surface area contributed by atoms with Crippen molar-refractivity contribution in [1.29, 1.82) is 0 Å². The van der Waals surface area contributed by atoms with Gasteiger partial charge in [-0.15, -0.1) is 24.8 Å². The van der Waals surface area contributed by atoms with Crippen LogP contribution in [0.4, 0.5) is 0 Å². The monoisotopic (exact) mass is 463 g/mol. The maximum absolute atomic E-state index is 13.3. The van der Waals surface area contributed by atoms with Crippen LogP contribution >= 0.6 is 24.8 Å². The van der Waals surface area contributed by atoms with Gasteiger partial charge in [0, 0.05) is 23.7 Å². The molecule has 2 N–H and O–H groups in total. The average Bonchev–Trinajstić information content (AvgIpc) is 3.12. The van der Waals surface area contributed by atoms with E-state index in [-0.39, 0.29) is 42.8 Å². The Bertz CT molecular complexity index is 1050. The molecule has 6 nitrogen and oxygen atoms in total. The second-order valence-electron chi connectivity index (χ2n) is 8.34. The molecule has 2 atom stereocenters. The molecule has 1 saturated heterocycles. The summed E-state index contributed by atoms with van der Waals surface area (Å²) in [7, 11) is 0. The zero-order chi connectivity index (χ0) is 20.5. The number of rotatable bonds is 4. The molecule has 2 unspecified atom stereocenters. The molecule has 1 aliphatic rings. The Morgan fingerprint density at radius 3 is 2.68 bits per heavy atom. The second-order valence-corrected chi connectivity index (χ2v) is 8.34.